The second-order valence-electron chi connectivity index (χ2n) is 6.06. The largest absolute Gasteiger partial charge is 0.391 e. The van der Waals surface area contributed by atoms with Crippen LogP contribution < -0.4 is 5.73 Å². The fraction of sp³-hybridized carbons (Fsp3) is 1.00. The van der Waals surface area contributed by atoms with Crippen molar-refractivity contribution in [3.8, 4) is 0 Å². The third-order valence-electron chi connectivity index (χ3n) is 5.13. The van der Waals surface area contributed by atoms with Crippen molar-refractivity contribution in [2.24, 2.45) is 17.1 Å². The van der Waals surface area contributed by atoms with Crippen LogP contribution >= 0.6 is 0 Å². The van der Waals surface area contributed by atoms with Gasteiger partial charge in [0.2, 0.25) is 0 Å². The normalized spacial score (nSPS) is 36.8. The first-order valence-electron chi connectivity index (χ1n) is 6.82. The van der Waals surface area contributed by atoms with Crippen LogP contribution in [0.3, 0.4) is 0 Å². The summed E-state index contributed by atoms with van der Waals surface area (Å²) in [5.41, 5.74) is 4.11. The van der Waals surface area contributed by atoms with E-state index in [9.17, 15) is 18.3 Å². The van der Waals surface area contributed by atoms with E-state index >= 15 is 0 Å². The summed E-state index contributed by atoms with van der Waals surface area (Å²) < 4.78 is 38.6. The Balaban J connectivity index is 2.19. The van der Waals surface area contributed by atoms with Gasteiger partial charge in [0.1, 0.15) is 0 Å². The Morgan fingerprint density at radius 1 is 1.11 bits per heavy atom. The van der Waals surface area contributed by atoms with Crippen LogP contribution in [0.25, 0.3) is 0 Å². The third-order valence-corrected chi connectivity index (χ3v) is 5.13. The van der Waals surface area contributed by atoms with Gasteiger partial charge in [-0.2, -0.15) is 13.2 Å². The molecule has 0 aromatic heterocycles. The van der Waals surface area contributed by atoms with Crippen molar-refractivity contribution in [1.29, 1.82) is 0 Å². The van der Waals surface area contributed by atoms with E-state index < -0.39 is 23.1 Å². The zero-order valence-electron chi connectivity index (χ0n) is 10.6. The standard InChI is InChI=1S/C13H22F3NO/c14-13(15,16)10-4-3-7-12(18,8-10)11(9-17)5-1-2-6-11/h10,18H,1-9,17H2. The summed E-state index contributed by atoms with van der Waals surface area (Å²) in [5.74, 6) is -1.36. The second-order valence-corrected chi connectivity index (χ2v) is 6.06. The molecular weight excluding hydrogens is 243 g/mol. The van der Waals surface area contributed by atoms with Gasteiger partial charge in [-0.15, -0.1) is 0 Å². The molecule has 0 amide bonds. The Kier molecular flexibility index (Phi) is 3.67. The summed E-state index contributed by atoms with van der Waals surface area (Å²) >= 11 is 0. The number of hydrogen-bond donors (Lipinski definition) is 2. The van der Waals surface area contributed by atoms with E-state index in [-0.39, 0.29) is 12.8 Å². The molecule has 18 heavy (non-hydrogen) atoms. The van der Waals surface area contributed by atoms with Gasteiger partial charge in [-0.05, 0) is 38.5 Å². The number of rotatable bonds is 2. The van der Waals surface area contributed by atoms with Gasteiger partial charge in [0.05, 0.1) is 11.5 Å². The molecule has 2 fully saturated rings. The molecule has 2 aliphatic carbocycles. The van der Waals surface area contributed by atoms with E-state index in [1.54, 1.807) is 0 Å². The smallest absolute Gasteiger partial charge is 0.389 e. The molecule has 2 unspecified atom stereocenters. The first-order chi connectivity index (χ1) is 8.33. The molecule has 0 aliphatic heterocycles. The Hall–Kier alpha value is -0.290. The van der Waals surface area contributed by atoms with Crippen molar-refractivity contribution in [3.05, 3.63) is 0 Å². The molecule has 0 saturated heterocycles. The number of nitrogens with two attached hydrogens (primary N) is 1. The second kappa shape index (κ2) is 4.67. The van der Waals surface area contributed by atoms with Crippen LogP contribution in [-0.2, 0) is 0 Å². The number of alkyl halides is 3. The van der Waals surface area contributed by atoms with Gasteiger partial charge in [-0.1, -0.05) is 12.8 Å². The Labute approximate surface area is 106 Å². The van der Waals surface area contributed by atoms with Crippen LogP contribution in [0, 0.1) is 11.3 Å². The first kappa shape index (κ1) is 14.1. The Bertz CT molecular complexity index is 299. The fourth-order valence-corrected chi connectivity index (χ4v) is 3.92. The van der Waals surface area contributed by atoms with Crippen LogP contribution in [-0.4, -0.2) is 23.4 Å². The average Bonchev–Trinajstić information content (AvgIpc) is 2.78. The predicted octanol–water partition coefficient (Wildman–Crippen LogP) is 2.99. The molecule has 106 valence electrons. The highest BCUT2D eigenvalue weighted by Gasteiger charge is 2.56. The van der Waals surface area contributed by atoms with E-state index in [2.05, 4.69) is 0 Å². The third kappa shape index (κ3) is 2.27. The van der Waals surface area contributed by atoms with Gasteiger partial charge < -0.3 is 10.8 Å². The summed E-state index contributed by atoms with van der Waals surface area (Å²) in [4.78, 5) is 0. The highest BCUT2D eigenvalue weighted by molar-refractivity contribution is 5.05. The molecule has 3 N–H and O–H groups in total. The van der Waals surface area contributed by atoms with Gasteiger partial charge in [0.25, 0.3) is 0 Å². The molecule has 0 bridgehead atoms. The van der Waals surface area contributed by atoms with E-state index in [4.69, 9.17) is 5.73 Å². The minimum absolute atomic E-state index is 0.145. The van der Waals surface area contributed by atoms with E-state index in [0.29, 0.717) is 19.4 Å². The number of halogens is 3. The summed E-state index contributed by atoms with van der Waals surface area (Å²) in [7, 11) is 0. The Morgan fingerprint density at radius 2 is 1.72 bits per heavy atom. The molecule has 2 nitrogen and oxygen atoms in total. The zero-order valence-corrected chi connectivity index (χ0v) is 10.6. The van der Waals surface area contributed by atoms with Gasteiger partial charge in [0.15, 0.2) is 0 Å². The van der Waals surface area contributed by atoms with Crippen molar-refractivity contribution in [2.45, 2.75) is 63.1 Å². The molecule has 2 atom stereocenters. The average molecular weight is 265 g/mol. The molecule has 5 heteroatoms. The number of hydrogen-bond acceptors (Lipinski definition) is 2. The molecule has 0 aromatic carbocycles. The molecule has 2 rings (SSSR count). The van der Waals surface area contributed by atoms with E-state index in [1.165, 1.54) is 0 Å². The van der Waals surface area contributed by atoms with Crippen LogP contribution in [0.4, 0.5) is 13.2 Å². The molecular formula is C13H22F3NO. The maximum atomic E-state index is 12.9. The monoisotopic (exact) mass is 265 g/mol. The lowest BCUT2D eigenvalue weighted by atomic mass is 9.61. The van der Waals surface area contributed by atoms with Crippen molar-refractivity contribution in [3.63, 3.8) is 0 Å². The quantitative estimate of drug-likeness (QED) is 0.806. The summed E-state index contributed by atoms with van der Waals surface area (Å²) in [5, 5.41) is 10.8. The van der Waals surface area contributed by atoms with Gasteiger partial charge in [-0.3, -0.25) is 0 Å². The van der Waals surface area contributed by atoms with Gasteiger partial charge in [-0.25, -0.2) is 0 Å². The Morgan fingerprint density at radius 3 is 2.22 bits per heavy atom. The lowest BCUT2D eigenvalue weighted by Gasteiger charge is -2.49. The van der Waals surface area contributed by atoms with Crippen LogP contribution in [0.5, 0.6) is 0 Å². The van der Waals surface area contributed by atoms with Crippen molar-refractivity contribution in [1.82, 2.24) is 0 Å². The molecule has 2 saturated carbocycles. The lowest BCUT2D eigenvalue weighted by Crippen LogP contribution is -2.55. The minimum Gasteiger partial charge on any atom is -0.389 e. The van der Waals surface area contributed by atoms with Gasteiger partial charge >= 0.3 is 6.18 Å². The molecule has 0 spiro atoms. The zero-order chi connectivity index (χ0) is 13.4. The van der Waals surface area contributed by atoms with Crippen molar-refractivity contribution < 1.29 is 18.3 Å². The maximum Gasteiger partial charge on any atom is 0.391 e. The summed E-state index contributed by atoms with van der Waals surface area (Å²) in [6.45, 7) is 0.300. The van der Waals surface area contributed by atoms with Crippen molar-refractivity contribution >= 4 is 0 Å². The SMILES string of the molecule is NCC1(C2(O)CCCC(C(F)(F)F)C2)CCCC1. The number of aliphatic hydroxyl groups is 1. The van der Waals surface area contributed by atoms with E-state index in [1.807, 2.05) is 0 Å². The highest BCUT2D eigenvalue weighted by atomic mass is 19.4. The van der Waals surface area contributed by atoms with Crippen LogP contribution in [0.2, 0.25) is 0 Å². The predicted molar refractivity (Wildman–Crippen MR) is 62.9 cm³/mol. The van der Waals surface area contributed by atoms with E-state index in [0.717, 1.165) is 25.7 Å². The lowest BCUT2D eigenvalue weighted by molar-refractivity contribution is -0.216. The van der Waals surface area contributed by atoms with Crippen molar-refractivity contribution in [2.75, 3.05) is 6.54 Å². The fourth-order valence-electron chi connectivity index (χ4n) is 3.92. The first-order valence-corrected chi connectivity index (χ1v) is 6.82. The summed E-state index contributed by atoms with van der Waals surface area (Å²) in [6, 6.07) is 0. The van der Waals surface area contributed by atoms with Crippen LogP contribution in [0.1, 0.15) is 51.4 Å². The van der Waals surface area contributed by atoms with Gasteiger partial charge in [0, 0.05) is 12.0 Å². The molecule has 2 aliphatic rings. The molecule has 0 heterocycles. The highest BCUT2D eigenvalue weighted by Crippen LogP contribution is 2.54. The topological polar surface area (TPSA) is 46.2 Å². The molecule has 0 radical (unpaired) electrons. The van der Waals surface area contributed by atoms with Crippen LogP contribution in [0.15, 0.2) is 0 Å². The minimum atomic E-state index is -4.19. The molecule has 0 aromatic rings. The maximum absolute atomic E-state index is 12.9. The summed E-state index contributed by atoms with van der Waals surface area (Å²) in [6.07, 6.45) is 0.184.